The lowest BCUT2D eigenvalue weighted by Gasteiger charge is -2.29. The van der Waals surface area contributed by atoms with Crippen LogP contribution in [0.5, 0.6) is 0 Å². The average Bonchev–Trinajstić information content (AvgIpc) is 3.18. The van der Waals surface area contributed by atoms with E-state index in [2.05, 4.69) is 17.1 Å². The smallest absolute Gasteiger partial charge is 0.374 e. The summed E-state index contributed by atoms with van der Waals surface area (Å²) >= 11 is 11.8. The Morgan fingerprint density at radius 3 is 2.45 bits per heavy atom. The van der Waals surface area contributed by atoms with Crippen molar-refractivity contribution >= 4 is 40.6 Å². The van der Waals surface area contributed by atoms with Crippen LogP contribution in [0.4, 0.5) is 13.2 Å². The van der Waals surface area contributed by atoms with E-state index in [4.69, 9.17) is 28.0 Å². The van der Waals surface area contributed by atoms with E-state index < -0.39 is 29.9 Å². The number of ketones is 1. The van der Waals surface area contributed by atoms with Gasteiger partial charge in [0.1, 0.15) is 0 Å². The predicted octanol–water partition coefficient (Wildman–Crippen LogP) is 5.76. The second kappa shape index (κ2) is 9.57. The molecule has 2 aromatic carbocycles. The third kappa shape index (κ3) is 5.23. The van der Waals surface area contributed by atoms with Crippen LogP contribution >= 0.6 is 23.2 Å². The Hall–Kier alpha value is -2.84. The lowest BCUT2D eigenvalue weighted by Crippen LogP contribution is -2.42. The molecule has 0 fully saturated rings. The highest BCUT2D eigenvalue weighted by Gasteiger charge is 2.62. The molecule has 1 unspecified atom stereocenters. The summed E-state index contributed by atoms with van der Waals surface area (Å²) in [6.45, 7) is 5.35. The SMILES string of the molecule is C=CCNC(=O)CC(=O)c1ccc(C2=NOC(c3cc(Cl)cc(Cl)c3)(C(F)(F)F)C2)cc1C. The zero-order chi connectivity index (χ0) is 24.4. The molecule has 1 heterocycles. The van der Waals surface area contributed by atoms with E-state index in [0.717, 1.165) is 12.1 Å². The fourth-order valence-corrected chi connectivity index (χ4v) is 4.02. The molecule has 0 aliphatic carbocycles. The van der Waals surface area contributed by atoms with Crippen LogP contribution in [0.3, 0.4) is 0 Å². The maximum Gasteiger partial charge on any atom is 0.435 e. The predicted molar refractivity (Wildman–Crippen MR) is 120 cm³/mol. The third-order valence-corrected chi connectivity index (χ3v) is 5.58. The number of alkyl halides is 3. The number of Topliss-reactive ketones (excluding diaryl/α,β-unsaturated/α-hetero) is 1. The first-order valence-corrected chi connectivity index (χ1v) is 10.5. The number of oxime groups is 1. The summed E-state index contributed by atoms with van der Waals surface area (Å²) < 4.78 is 42.4. The molecule has 0 saturated carbocycles. The molecule has 1 aliphatic heterocycles. The van der Waals surface area contributed by atoms with Crippen molar-refractivity contribution in [2.75, 3.05) is 6.54 Å². The maximum absolute atomic E-state index is 14.1. The minimum absolute atomic E-state index is 0.0361. The summed E-state index contributed by atoms with van der Waals surface area (Å²) in [7, 11) is 0. The number of halogens is 5. The third-order valence-electron chi connectivity index (χ3n) is 5.14. The van der Waals surface area contributed by atoms with Crippen molar-refractivity contribution in [2.45, 2.75) is 31.5 Å². The van der Waals surface area contributed by atoms with Crippen molar-refractivity contribution in [1.29, 1.82) is 0 Å². The van der Waals surface area contributed by atoms with Gasteiger partial charge in [-0.1, -0.05) is 46.6 Å². The highest BCUT2D eigenvalue weighted by molar-refractivity contribution is 6.34. The van der Waals surface area contributed by atoms with Crippen LogP contribution in [-0.4, -0.2) is 30.1 Å². The van der Waals surface area contributed by atoms with Gasteiger partial charge in [-0.15, -0.1) is 6.58 Å². The van der Waals surface area contributed by atoms with E-state index in [1.54, 1.807) is 6.92 Å². The largest absolute Gasteiger partial charge is 0.435 e. The van der Waals surface area contributed by atoms with Gasteiger partial charge in [0, 0.05) is 34.1 Å². The van der Waals surface area contributed by atoms with Gasteiger partial charge in [-0.3, -0.25) is 9.59 Å². The summed E-state index contributed by atoms with van der Waals surface area (Å²) in [6.07, 6.45) is -4.28. The Labute approximate surface area is 198 Å². The number of carbonyl (C=O) groups excluding carboxylic acids is 2. The fraction of sp³-hybridized carbons (Fsp3) is 0.261. The molecule has 0 bridgehead atoms. The van der Waals surface area contributed by atoms with E-state index >= 15 is 0 Å². The lowest BCUT2D eigenvalue weighted by atomic mass is 9.86. The first kappa shape index (κ1) is 24.8. The maximum atomic E-state index is 14.1. The molecule has 2 aromatic rings. The first-order chi connectivity index (χ1) is 15.5. The molecule has 1 N–H and O–H groups in total. The molecule has 0 spiro atoms. The monoisotopic (exact) mass is 498 g/mol. The van der Waals surface area contributed by atoms with Crippen molar-refractivity contribution in [3.05, 3.63) is 81.4 Å². The molecule has 33 heavy (non-hydrogen) atoms. The Balaban J connectivity index is 1.86. The van der Waals surface area contributed by atoms with Crippen LogP contribution in [0.25, 0.3) is 0 Å². The van der Waals surface area contributed by atoms with E-state index in [0.29, 0.717) is 11.1 Å². The molecular weight excluding hydrogens is 480 g/mol. The van der Waals surface area contributed by atoms with Crippen molar-refractivity contribution in [3.63, 3.8) is 0 Å². The zero-order valence-corrected chi connectivity index (χ0v) is 18.9. The number of benzene rings is 2. The van der Waals surface area contributed by atoms with Gasteiger partial charge in [-0.2, -0.15) is 13.2 Å². The first-order valence-electron chi connectivity index (χ1n) is 9.77. The molecule has 1 atom stereocenters. The standard InChI is InChI=1S/C23H19Cl2F3N2O3/c1-3-6-29-21(32)11-20(31)18-5-4-14(7-13(18)2)19-12-22(33-30-19,23(26,27)28)15-8-16(24)10-17(25)9-15/h3-5,7-10H,1,6,11-12H2,2H3,(H,29,32). The molecular formula is C23H19Cl2F3N2O3. The van der Waals surface area contributed by atoms with Crippen LogP contribution in [0.15, 0.2) is 54.2 Å². The highest BCUT2D eigenvalue weighted by Crippen LogP contribution is 2.49. The van der Waals surface area contributed by atoms with E-state index in [1.807, 2.05) is 0 Å². The number of aryl methyl sites for hydroxylation is 1. The Bertz CT molecular complexity index is 1130. The second-order valence-corrected chi connectivity index (χ2v) is 8.38. The van der Waals surface area contributed by atoms with Crippen LogP contribution in [0, 0.1) is 6.92 Å². The van der Waals surface area contributed by atoms with Crippen LogP contribution in [0.2, 0.25) is 10.0 Å². The number of rotatable bonds is 7. The van der Waals surface area contributed by atoms with Crippen LogP contribution in [0.1, 0.15) is 39.9 Å². The number of nitrogens with zero attached hydrogens (tertiary/aromatic N) is 1. The van der Waals surface area contributed by atoms with Gasteiger partial charge in [-0.05, 0) is 42.3 Å². The van der Waals surface area contributed by atoms with Gasteiger partial charge in [0.2, 0.25) is 5.91 Å². The molecule has 174 valence electrons. The zero-order valence-electron chi connectivity index (χ0n) is 17.4. The topological polar surface area (TPSA) is 67.8 Å². The fourth-order valence-electron chi connectivity index (χ4n) is 3.49. The summed E-state index contributed by atoms with van der Waals surface area (Å²) in [5.74, 6) is -0.865. The van der Waals surface area contributed by atoms with Crippen molar-refractivity contribution in [1.82, 2.24) is 5.32 Å². The minimum Gasteiger partial charge on any atom is -0.374 e. The van der Waals surface area contributed by atoms with Gasteiger partial charge >= 0.3 is 6.18 Å². The number of hydrogen-bond acceptors (Lipinski definition) is 4. The summed E-state index contributed by atoms with van der Waals surface area (Å²) in [5, 5.41) is 6.30. The van der Waals surface area contributed by atoms with Crippen LogP contribution in [-0.2, 0) is 15.2 Å². The number of hydrogen-bond donors (Lipinski definition) is 1. The molecule has 0 saturated heterocycles. The quantitative estimate of drug-likeness (QED) is 0.299. The Morgan fingerprint density at radius 2 is 1.88 bits per heavy atom. The average molecular weight is 499 g/mol. The lowest BCUT2D eigenvalue weighted by molar-refractivity contribution is -0.275. The molecule has 1 aliphatic rings. The molecule has 5 nitrogen and oxygen atoms in total. The van der Waals surface area contributed by atoms with Gasteiger partial charge in [0.05, 0.1) is 12.1 Å². The molecule has 0 aromatic heterocycles. The van der Waals surface area contributed by atoms with Crippen molar-refractivity contribution < 1.29 is 27.6 Å². The van der Waals surface area contributed by atoms with Gasteiger partial charge < -0.3 is 10.2 Å². The number of nitrogens with one attached hydrogen (secondary N) is 1. The minimum atomic E-state index is -4.81. The van der Waals surface area contributed by atoms with E-state index in [9.17, 15) is 22.8 Å². The van der Waals surface area contributed by atoms with Gasteiger partial charge in [0.25, 0.3) is 5.60 Å². The summed E-state index contributed by atoms with van der Waals surface area (Å²) in [5.41, 5.74) is -1.82. The molecule has 10 heteroatoms. The highest BCUT2D eigenvalue weighted by atomic mass is 35.5. The van der Waals surface area contributed by atoms with Crippen molar-refractivity contribution in [2.24, 2.45) is 5.16 Å². The number of amides is 1. The summed E-state index contributed by atoms with van der Waals surface area (Å²) in [6, 6.07) is 8.08. The molecule has 0 radical (unpaired) electrons. The molecule has 1 amide bonds. The van der Waals surface area contributed by atoms with Crippen LogP contribution < -0.4 is 5.32 Å². The van der Waals surface area contributed by atoms with Gasteiger partial charge in [-0.25, -0.2) is 0 Å². The van der Waals surface area contributed by atoms with Crippen molar-refractivity contribution in [3.8, 4) is 0 Å². The Kier molecular flexibility index (Phi) is 7.19. The Morgan fingerprint density at radius 1 is 1.21 bits per heavy atom. The molecule has 3 rings (SSSR count). The second-order valence-electron chi connectivity index (χ2n) is 7.51. The van der Waals surface area contributed by atoms with E-state index in [-0.39, 0.29) is 39.8 Å². The van der Waals surface area contributed by atoms with E-state index in [1.165, 1.54) is 30.3 Å². The normalized spacial score (nSPS) is 17.8. The number of carbonyl (C=O) groups is 2. The van der Waals surface area contributed by atoms with Gasteiger partial charge in [0.15, 0.2) is 5.78 Å². The summed E-state index contributed by atoms with van der Waals surface area (Å²) in [4.78, 5) is 29.2.